The number of ether oxygens (including phenoxy) is 3. The number of benzene rings is 1. The van der Waals surface area contributed by atoms with Gasteiger partial charge in [-0.25, -0.2) is 4.39 Å². The number of rotatable bonds is 6. The van der Waals surface area contributed by atoms with Gasteiger partial charge in [0.2, 0.25) is 0 Å². The second-order valence-corrected chi connectivity index (χ2v) is 8.19. The van der Waals surface area contributed by atoms with E-state index in [9.17, 15) is 14.0 Å². The van der Waals surface area contributed by atoms with Gasteiger partial charge in [-0.2, -0.15) is 0 Å². The Bertz CT molecular complexity index is 792. The highest BCUT2D eigenvalue weighted by Crippen LogP contribution is 2.40. The molecule has 1 fully saturated rings. The largest absolute Gasteiger partial charge is 0.463 e. The van der Waals surface area contributed by atoms with Gasteiger partial charge in [-0.15, -0.1) is 0 Å². The van der Waals surface area contributed by atoms with E-state index in [0.29, 0.717) is 4.47 Å². The van der Waals surface area contributed by atoms with Gasteiger partial charge in [0.05, 0.1) is 10.5 Å². The Morgan fingerprint density at radius 3 is 2.68 bits per heavy atom. The molecule has 28 heavy (non-hydrogen) atoms. The number of azide groups is 1. The van der Waals surface area contributed by atoms with Crippen LogP contribution in [0.4, 0.5) is 4.39 Å². The van der Waals surface area contributed by atoms with E-state index in [0.717, 1.165) is 4.90 Å². The topological polar surface area (TPSA) is 111 Å². The molecule has 0 aliphatic carbocycles. The Labute approximate surface area is 173 Å². The van der Waals surface area contributed by atoms with Gasteiger partial charge in [0, 0.05) is 29.6 Å². The smallest absolute Gasteiger partial charge is 0.303 e. The summed E-state index contributed by atoms with van der Waals surface area (Å²) in [5.74, 6) is -1.82. The molecule has 0 spiro atoms. The third kappa shape index (κ3) is 5.84. The van der Waals surface area contributed by atoms with Gasteiger partial charge in [-0.05, 0) is 39.7 Å². The zero-order valence-corrected chi connectivity index (χ0v) is 17.8. The minimum absolute atomic E-state index is 0.165. The number of carbonyl (C=O) groups excluding carboxylic acids is 2. The quantitative estimate of drug-likeness (QED) is 0.263. The number of hydrogen-bond acceptors (Lipinski definition) is 7. The first-order valence-electron chi connectivity index (χ1n) is 8.35. The van der Waals surface area contributed by atoms with Gasteiger partial charge in [0.1, 0.15) is 30.1 Å². The molecule has 1 aromatic carbocycles. The van der Waals surface area contributed by atoms with Crippen molar-refractivity contribution < 1.29 is 28.2 Å². The van der Waals surface area contributed by atoms with Gasteiger partial charge < -0.3 is 14.2 Å². The number of nitrogens with zero attached hydrogens (tertiary/aromatic N) is 3. The third-order valence-electron chi connectivity index (χ3n) is 4.06. The summed E-state index contributed by atoms with van der Waals surface area (Å²) in [6.45, 7) is 4.12. The van der Waals surface area contributed by atoms with E-state index < -0.39 is 41.4 Å². The summed E-state index contributed by atoms with van der Waals surface area (Å²) in [4.78, 5) is 26.3. The Morgan fingerprint density at radius 2 is 2.11 bits per heavy atom. The van der Waals surface area contributed by atoms with Crippen molar-refractivity contribution in [3.05, 3.63) is 38.9 Å². The summed E-state index contributed by atoms with van der Waals surface area (Å²) in [6.07, 6.45) is -1.72. The highest BCUT2D eigenvalue weighted by Gasteiger charge is 2.46. The molecule has 0 saturated carbocycles. The maximum atomic E-state index is 13.5. The van der Waals surface area contributed by atoms with Crippen molar-refractivity contribution in [2.75, 3.05) is 6.61 Å². The van der Waals surface area contributed by atoms with Crippen LogP contribution >= 0.6 is 27.7 Å². The fourth-order valence-electron chi connectivity index (χ4n) is 2.77. The molecule has 2 unspecified atom stereocenters. The molecular formula is C17H19BrFN3O5S. The summed E-state index contributed by atoms with van der Waals surface area (Å²) < 4.78 is 30.2. The minimum Gasteiger partial charge on any atom is -0.463 e. The lowest BCUT2D eigenvalue weighted by atomic mass is 9.91. The lowest BCUT2D eigenvalue weighted by Crippen LogP contribution is -2.55. The zero-order chi connectivity index (χ0) is 20.8. The molecule has 0 radical (unpaired) electrons. The van der Waals surface area contributed by atoms with Crippen molar-refractivity contribution in [2.45, 2.75) is 49.4 Å². The molecule has 2 rings (SSSR count). The van der Waals surface area contributed by atoms with Crippen LogP contribution in [0, 0.1) is 11.7 Å². The van der Waals surface area contributed by atoms with Crippen LogP contribution in [0.3, 0.4) is 0 Å². The number of hydrogen-bond donors (Lipinski definition) is 0. The second kappa shape index (κ2) is 10.1. The van der Waals surface area contributed by atoms with Crippen molar-refractivity contribution >= 4 is 39.6 Å². The second-order valence-electron chi connectivity index (χ2n) is 6.17. The van der Waals surface area contributed by atoms with Crippen molar-refractivity contribution in [2.24, 2.45) is 11.0 Å². The van der Waals surface area contributed by atoms with Crippen molar-refractivity contribution in [3.63, 3.8) is 0 Å². The van der Waals surface area contributed by atoms with E-state index in [2.05, 4.69) is 26.0 Å². The van der Waals surface area contributed by atoms with Gasteiger partial charge in [-0.1, -0.05) is 23.8 Å². The van der Waals surface area contributed by atoms with Gasteiger partial charge >= 0.3 is 11.9 Å². The normalized spacial score (nSPS) is 26.8. The van der Waals surface area contributed by atoms with Crippen LogP contribution in [-0.2, 0) is 23.8 Å². The van der Waals surface area contributed by atoms with E-state index in [-0.39, 0.29) is 12.5 Å². The Kier molecular flexibility index (Phi) is 8.11. The maximum Gasteiger partial charge on any atom is 0.303 e. The molecule has 0 amide bonds. The van der Waals surface area contributed by atoms with Crippen LogP contribution in [0.5, 0.6) is 0 Å². The van der Waals surface area contributed by atoms with Gasteiger partial charge in [0.15, 0.2) is 0 Å². The monoisotopic (exact) mass is 475 g/mol. The van der Waals surface area contributed by atoms with Crippen molar-refractivity contribution in [1.29, 1.82) is 0 Å². The number of halogens is 2. The van der Waals surface area contributed by atoms with Crippen molar-refractivity contribution in [3.8, 4) is 0 Å². The van der Waals surface area contributed by atoms with Crippen molar-refractivity contribution in [1.82, 2.24) is 0 Å². The number of esters is 2. The summed E-state index contributed by atoms with van der Waals surface area (Å²) in [5, 5.41) is 3.80. The minimum atomic E-state index is -0.903. The van der Waals surface area contributed by atoms with Crippen LogP contribution in [-0.4, -0.2) is 42.2 Å². The standard InChI is InChI=1S/C17H19BrFN3O5S/c1-8-15(21-22-20)16(26-10(3)24)14(7-25-9(2)23)27-17(8)28-11-4-5-13(19)12(18)6-11/h4-6,8,14-17H,7H2,1-3H3/t8?,14?,15-,16+,17-/m1/s1. The average Bonchev–Trinajstić information content (AvgIpc) is 2.62. The van der Waals surface area contributed by atoms with Crippen LogP contribution in [0.1, 0.15) is 20.8 Å². The van der Waals surface area contributed by atoms with Crippen LogP contribution in [0.2, 0.25) is 0 Å². The lowest BCUT2D eigenvalue weighted by molar-refractivity contribution is -0.182. The predicted molar refractivity (Wildman–Crippen MR) is 103 cm³/mol. The van der Waals surface area contributed by atoms with Gasteiger partial charge in [0.25, 0.3) is 0 Å². The molecule has 5 atom stereocenters. The fraction of sp³-hybridized carbons (Fsp3) is 0.529. The Morgan fingerprint density at radius 1 is 1.39 bits per heavy atom. The molecule has 0 bridgehead atoms. The number of thioether (sulfide) groups is 1. The average molecular weight is 476 g/mol. The molecule has 1 aromatic rings. The molecule has 8 nitrogen and oxygen atoms in total. The van der Waals surface area contributed by atoms with E-state index in [1.54, 1.807) is 19.1 Å². The van der Waals surface area contributed by atoms with Gasteiger partial charge in [-0.3, -0.25) is 9.59 Å². The SMILES string of the molecule is CC(=O)OCC1O[C@H](Sc2ccc(F)c(Br)c2)C(C)[C@@H](N=[N+]=[N-])[C@H]1OC(C)=O. The molecule has 1 aliphatic heterocycles. The first-order chi connectivity index (χ1) is 13.2. The van der Waals surface area contributed by atoms with E-state index >= 15 is 0 Å². The van der Waals surface area contributed by atoms with E-state index in [4.69, 9.17) is 19.7 Å². The molecular weight excluding hydrogens is 457 g/mol. The highest BCUT2D eigenvalue weighted by atomic mass is 79.9. The third-order valence-corrected chi connectivity index (χ3v) is 5.97. The highest BCUT2D eigenvalue weighted by molar-refractivity contribution is 9.10. The zero-order valence-electron chi connectivity index (χ0n) is 15.4. The lowest BCUT2D eigenvalue weighted by Gasteiger charge is -2.43. The van der Waals surface area contributed by atoms with E-state index in [1.807, 2.05) is 0 Å². The summed E-state index contributed by atoms with van der Waals surface area (Å²) in [6, 6.07) is 3.80. The predicted octanol–water partition coefficient (Wildman–Crippen LogP) is 4.22. The molecule has 1 saturated heterocycles. The van der Waals surface area contributed by atoms with Crippen LogP contribution < -0.4 is 0 Å². The van der Waals surface area contributed by atoms with E-state index in [1.165, 1.54) is 31.7 Å². The molecule has 0 aromatic heterocycles. The summed E-state index contributed by atoms with van der Waals surface area (Å²) >= 11 is 4.44. The maximum absolute atomic E-state index is 13.5. The summed E-state index contributed by atoms with van der Waals surface area (Å²) in [5.41, 5.74) is 8.46. The first kappa shape index (κ1) is 22.5. The van der Waals surface area contributed by atoms with Crippen LogP contribution in [0.25, 0.3) is 10.4 Å². The molecule has 0 N–H and O–H groups in total. The first-order valence-corrected chi connectivity index (χ1v) is 10.0. The molecule has 1 aliphatic rings. The molecule has 1 heterocycles. The Balaban J connectivity index is 2.30. The molecule has 11 heteroatoms. The number of carbonyl (C=O) groups is 2. The fourth-order valence-corrected chi connectivity index (χ4v) is 4.48. The summed E-state index contributed by atoms with van der Waals surface area (Å²) in [7, 11) is 0. The van der Waals surface area contributed by atoms with Crippen LogP contribution in [0.15, 0.2) is 32.7 Å². The Hall–Kier alpha value is -1.81. The molecule has 152 valence electrons.